The Morgan fingerprint density at radius 2 is 2.15 bits per heavy atom. The van der Waals surface area contributed by atoms with Crippen molar-refractivity contribution >= 4 is 28.2 Å². The zero-order valence-corrected chi connectivity index (χ0v) is 13.5. The van der Waals surface area contributed by atoms with Crippen molar-refractivity contribution in [3.05, 3.63) is 4.88 Å². The fourth-order valence-corrected chi connectivity index (χ4v) is 3.19. The highest BCUT2D eigenvalue weighted by molar-refractivity contribution is 7.18. The summed E-state index contributed by atoms with van der Waals surface area (Å²) in [6.45, 7) is 7.01. The lowest BCUT2D eigenvalue weighted by molar-refractivity contribution is 0.0751. The van der Waals surface area contributed by atoms with Gasteiger partial charge < -0.3 is 16.0 Å². The van der Waals surface area contributed by atoms with Gasteiger partial charge in [0.05, 0.1) is 0 Å². The molecule has 1 heterocycles. The molecule has 3 N–H and O–H groups in total. The number of carbonyl (C=O) groups excluding carboxylic acids is 1. The minimum Gasteiger partial charge on any atom is -0.382 e. The minimum absolute atomic E-state index is 0.0448. The zero-order chi connectivity index (χ0) is 14.9. The van der Waals surface area contributed by atoms with E-state index in [1.165, 1.54) is 30.6 Å². The van der Waals surface area contributed by atoms with Crippen LogP contribution in [0, 0.1) is 5.41 Å². The molecule has 0 aromatic carbocycles. The van der Waals surface area contributed by atoms with Gasteiger partial charge in [-0.3, -0.25) is 4.79 Å². The molecule has 0 saturated heterocycles. The Hall–Kier alpha value is -1.30. The normalized spacial score (nSPS) is 15.8. The van der Waals surface area contributed by atoms with Gasteiger partial charge in [0.15, 0.2) is 5.13 Å². The summed E-state index contributed by atoms with van der Waals surface area (Å²) in [6, 6.07) is 0.496. The number of hydrogen-bond donors (Lipinski definition) is 2. The van der Waals surface area contributed by atoms with Crippen molar-refractivity contribution in [3.8, 4) is 0 Å². The Morgan fingerprint density at radius 1 is 1.50 bits per heavy atom. The number of carbonyl (C=O) groups is 1. The van der Waals surface area contributed by atoms with Crippen molar-refractivity contribution in [2.24, 2.45) is 5.41 Å². The van der Waals surface area contributed by atoms with Gasteiger partial charge in [0.2, 0.25) is 0 Å². The van der Waals surface area contributed by atoms with Gasteiger partial charge in [-0.15, -0.1) is 0 Å². The van der Waals surface area contributed by atoms with Gasteiger partial charge in [-0.1, -0.05) is 32.1 Å². The molecule has 1 saturated carbocycles. The van der Waals surface area contributed by atoms with Crippen molar-refractivity contribution < 1.29 is 4.79 Å². The number of anilines is 2. The number of nitrogens with two attached hydrogens (primary N) is 1. The zero-order valence-electron chi connectivity index (χ0n) is 12.7. The Bertz CT molecular complexity index is 488. The van der Waals surface area contributed by atoms with Crippen LogP contribution in [0.25, 0.3) is 0 Å². The Kier molecular flexibility index (Phi) is 4.22. The lowest BCUT2D eigenvalue weighted by Gasteiger charge is -2.26. The van der Waals surface area contributed by atoms with Crippen LogP contribution in [0.5, 0.6) is 0 Å². The standard InChI is InChI=1S/C14H24N4OS/c1-14(2,3)8-18(4)12(19)10-11(15)17-13(20-10)16-9-6-5-7-9/h9H,5-8,15H2,1-4H3,(H,16,17). The first kappa shape index (κ1) is 15.1. The largest absolute Gasteiger partial charge is 0.382 e. The van der Waals surface area contributed by atoms with Gasteiger partial charge in [0.25, 0.3) is 5.91 Å². The highest BCUT2D eigenvalue weighted by Crippen LogP contribution is 2.30. The second kappa shape index (κ2) is 5.60. The highest BCUT2D eigenvalue weighted by atomic mass is 32.1. The van der Waals surface area contributed by atoms with Crippen LogP contribution >= 0.6 is 11.3 Å². The predicted molar refractivity (Wildman–Crippen MR) is 84.2 cm³/mol. The van der Waals surface area contributed by atoms with Crippen molar-refractivity contribution in [2.45, 2.75) is 46.1 Å². The molecule has 2 rings (SSSR count). The topological polar surface area (TPSA) is 71.2 Å². The van der Waals surface area contributed by atoms with Gasteiger partial charge in [-0.2, -0.15) is 0 Å². The number of nitrogens with zero attached hydrogens (tertiary/aromatic N) is 2. The van der Waals surface area contributed by atoms with Gasteiger partial charge in [0, 0.05) is 19.6 Å². The molecule has 1 aliphatic carbocycles. The molecule has 0 radical (unpaired) electrons. The van der Waals surface area contributed by atoms with E-state index in [1.54, 1.807) is 4.90 Å². The SMILES string of the molecule is CN(CC(C)(C)C)C(=O)c1sc(NC2CCC2)nc1N. The van der Waals surface area contributed by atoms with Crippen molar-refractivity contribution in [3.63, 3.8) is 0 Å². The van der Waals surface area contributed by atoms with E-state index < -0.39 is 0 Å². The lowest BCUT2D eigenvalue weighted by atomic mass is 9.93. The predicted octanol–water partition coefficient (Wildman–Crippen LogP) is 2.81. The molecule has 6 heteroatoms. The number of nitrogen functional groups attached to an aromatic ring is 1. The molecule has 0 spiro atoms. The smallest absolute Gasteiger partial charge is 0.267 e. The molecule has 1 aromatic rings. The monoisotopic (exact) mass is 296 g/mol. The molecule has 1 aromatic heterocycles. The van der Waals surface area contributed by atoms with E-state index in [9.17, 15) is 4.79 Å². The molecule has 0 atom stereocenters. The van der Waals surface area contributed by atoms with Gasteiger partial charge in [0.1, 0.15) is 10.7 Å². The van der Waals surface area contributed by atoms with E-state index in [-0.39, 0.29) is 11.3 Å². The van der Waals surface area contributed by atoms with E-state index in [4.69, 9.17) is 5.73 Å². The van der Waals surface area contributed by atoms with Crippen LogP contribution in [-0.2, 0) is 0 Å². The van der Waals surface area contributed by atoms with Gasteiger partial charge in [-0.25, -0.2) is 4.98 Å². The summed E-state index contributed by atoms with van der Waals surface area (Å²) in [5.41, 5.74) is 5.96. The maximum absolute atomic E-state index is 12.4. The maximum Gasteiger partial charge on any atom is 0.267 e. The van der Waals surface area contributed by atoms with E-state index in [0.29, 0.717) is 23.3 Å². The van der Waals surface area contributed by atoms with Crippen LogP contribution in [0.15, 0.2) is 0 Å². The van der Waals surface area contributed by atoms with Crippen LogP contribution in [-0.4, -0.2) is 35.4 Å². The fraction of sp³-hybridized carbons (Fsp3) is 0.714. The first-order chi connectivity index (χ1) is 9.26. The third kappa shape index (κ3) is 3.62. The Labute approximate surface area is 124 Å². The van der Waals surface area contributed by atoms with E-state index in [1.807, 2.05) is 7.05 Å². The Balaban J connectivity index is 2.05. The number of nitrogens with one attached hydrogen (secondary N) is 1. The summed E-state index contributed by atoms with van der Waals surface area (Å²) < 4.78 is 0. The summed E-state index contributed by atoms with van der Waals surface area (Å²) in [5.74, 6) is 0.291. The van der Waals surface area contributed by atoms with Crippen molar-refractivity contribution in [1.82, 2.24) is 9.88 Å². The molecule has 20 heavy (non-hydrogen) atoms. The van der Waals surface area contributed by atoms with E-state index in [2.05, 4.69) is 31.1 Å². The molecule has 1 amide bonds. The van der Waals surface area contributed by atoms with Crippen LogP contribution < -0.4 is 11.1 Å². The van der Waals surface area contributed by atoms with Crippen molar-refractivity contribution in [2.75, 3.05) is 24.6 Å². The summed E-state index contributed by atoms with van der Waals surface area (Å²) in [6.07, 6.45) is 3.61. The summed E-state index contributed by atoms with van der Waals surface area (Å²) in [7, 11) is 1.81. The van der Waals surface area contributed by atoms with Crippen LogP contribution in [0.2, 0.25) is 0 Å². The first-order valence-corrected chi connectivity index (χ1v) is 7.86. The summed E-state index contributed by atoms with van der Waals surface area (Å²) >= 11 is 1.36. The molecule has 112 valence electrons. The fourth-order valence-electron chi connectivity index (χ4n) is 2.23. The Morgan fingerprint density at radius 3 is 2.65 bits per heavy atom. The van der Waals surface area contributed by atoms with Crippen molar-refractivity contribution in [1.29, 1.82) is 0 Å². The molecule has 0 bridgehead atoms. The van der Waals surface area contributed by atoms with E-state index >= 15 is 0 Å². The van der Waals surface area contributed by atoms with Crippen LogP contribution in [0.3, 0.4) is 0 Å². The summed E-state index contributed by atoms with van der Waals surface area (Å²) in [4.78, 5) is 18.9. The molecular formula is C14H24N4OS. The maximum atomic E-state index is 12.4. The molecule has 0 aliphatic heterocycles. The second-order valence-electron chi connectivity index (χ2n) is 6.73. The van der Waals surface area contributed by atoms with E-state index in [0.717, 1.165) is 5.13 Å². The lowest BCUT2D eigenvalue weighted by Crippen LogP contribution is -2.34. The second-order valence-corrected chi connectivity index (χ2v) is 7.73. The number of aromatic nitrogens is 1. The molecule has 0 unspecified atom stereocenters. The average Bonchev–Trinajstić information content (AvgIpc) is 2.61. The third-order valence-electron chi connectivity index (χ3n) is 3.34. The van der Waals surface area contributed by atoms with Crippen LogP contribution in [0.1, 0.15) is 49.7 Å². The number of amides is 1. The molecule has 1 aliphatic rings. The van der Waals surface area contributed by atoms with Gasteiger partial charge in [-0.05, 0) is 24.7 Å². The average molecular weight is 296 g/mol. The highest BCUT2D eigenvalue weighted by Gasteiger charge is 2.25. The first-order valence-electron chi connectivity index (χ1n) is 7.04. The minimum atomic E-state index is -0.0448. The van der Waals surface area contributed by atoms with Crippen LogP contribution in [0.4, 0.5) is 10.9 Å². The number of rotatable bonds is 4. The summed E-state index contributed by atoms with van der Waals surface area (Å²) in [5, 5.41) is 4.10. The van der Waals surface area contributed by atoms with Gasteiger partial charge >= 0.3 is 0 Å². The molecule has 5 nitrogen and oxygen atoms in total. The molecule has 1 fully saturated rings. The number of hydrogen-bond acceptors (Lipinski definition) is 5. The molecular weight excluding hydrogens is 272 g/mol. The number of thiazole rings is 1. The third-order valence-corrected chi connectivity index (χ3v) is 4.33. The quantitative estimate of drug-likeness (QED) is 0.896.